The van der Waals surface area contributed by atoms with Crippen LogP contribution >= 0.6 is 11.6 Å². The fraction of sp³-hybridized carbons (Fsp3) is 0.143. The number of halogens is 1. The molecule has 0 aliphatic carbocycles. The molecule has 0 aliphatic heterocycles. The van der Waals surface area contributed by atoms with E-state index in [4.69, 9.17) is 16.1 Å². The summed E-state index contributed by atoms with van der Waals surface area (Å²) in [6.45, 7) is 2.33. The van der Waals surface area contributed by atoms with Gasteiger partial charge in [0.1, 0.15) is 0 Å². The number of rotatable bonds is 5. The smallest absolute Gasteiger partial charge is 0.266 e. The summed E-state index contributed by atoms with van der Waals surface area (Å²) in [5.41, 5.74) is 3.33. The first-order valence-electron chi connectivity index (χ1n) is 8.83. The van der Waals surface area contributed by atoms with Crippen LogP contribution < -0.4 is 5.56 Å². The summed E-state index contributed by atoms with van der Waals surface area (Å²) in [5, 5.41) is 9.10. The number of nitrogens with zero attached hydrogens (tertiary/aromatic N) is 4. The Morgan fingerprint density at radius 1 is 1.07 bits per heavy atom. The van der Waals surface area contributed by atoms with Crippen molar-refractivity contribution in [2.24, 2.45) is 0 Å². The van der Waals surface area contributed by atoms with Gasteiger partial charge in [-0.15, -0.1) is 0 Å². The van der Waals surface area contributed by atoms with Gasteiger partial charge in [-0.05, 0) is 30.7 Å². The SMILES string of the molecule is Cc1ccccc1-c1noc(CCn2nc(-c3cccc(Cl)c3)ccc2=O)n1. The molecule has 0 saturated heterocycles. The summed E-state index contributed by atoms with van der Waals surface area (Å²) >= 11 is 6.05. The first-order valence-corrected chi connectivity index (χ1v) is 9.20. The molecule has 6 nitrogen and oxygen atoms in total. The van der Waals surface area contributed by atoms with Gasteiger partial charge < -0.3 is 4.52 Å². The van der Waals surface area contributed by atoms with Crippen LogP contribution in [-0.2, 0) is 13.0 Å². The highest BCUT2D eigenvalue weighted by Gasteiger charge is 2.11. The molecule has 0 unspecified atom stereocenters. The lowest BCUT2D eigenvalue weighted by Crippen LogP contribution is -2.23. The van der Waals surface area contributed by atoms with Crippen molar-refractivity contribution >= 4 is 11.6 Å². The Morgan fingerprint density at radius 3 is 2.75 bits per heavy atom. The lowest BCUT2D eigenvalue weighted by Gasteiger charge is -2.06. The van der Waals surface area contributed by atoms with Crippen LogP contribution in [0.1, 0.15) is 11.5 Å². The molecule has 0 spiro atoms. The van der Waals surface area contributed by atoms with Crippen LogP contribution in [-0.4, -0.2) is 19.9 Å². The molecule has 2 aromatic heterocycles. The minimum atomic E-state index is -0.190. The van der Waals surface area contributed by atoms with Gasteiger partial charge in [0.15, 0.2) is 0 Å². The summed E-state index contributed by atoms with van der Waals surface area (Å²) < 4.78 is 6.74. The average molecular weight is 393 g/mol. The Labute approximate surface area is 166 Å². The zero-order valence-electron chi connectivity index (χ0n) is 15.2. The van der Waals surface area contributed by atoms with Gasteiger partial charge in [-0.1, -0.05) is 53.2 Å². The van der Waals surface area contributed by atoms with E-state index in [9.17, 15) is 4.79 Å². The lowest BCUT2D eigenvalue weighted by molar-refractivity contribution is 0.367. The van der Waals surface area contributed by atoms with E-state index in [1.807, 2.05) is 49.4 Å². The van der Waals surface area contributed by atoms with Gasteiger partial charge in [0.2, 0.25) is 11.7 Å². The molecule has 0 amide bonds. The molecule has 28 heavy (non-hydrogen) atoms. The molecule has 140 valence electrons. The van der Waals surface area contributed by atoms with Crippen molar-refractivity contribution < 1.29 is 4.52 Å². The Hall–Kier alpha value is -3.25. The monoisotopic (exact) mass is 392 g/mol. The molecule has 0 radical (unpaired) electrons. The molecule has 0 N–H and O–H groups in total. The van der Waals surface area contributed by atoms with E-state index in [0.29, 0.717) is 35.4 Å². The van der Waals surface area contributed by atoms with E-state index in [2.05, 4.69) is 15.2 Å². The van der Waals surface area contributed by atoms with Crippen LogP contribution in [0.4, 0.5) is 0 Å². The largest absolute Gasteiger partial charge is 0.339 e. The Morgan fingerprint density at radius 2 is 1.93 bits per heavy atom. The molecule has 4 aromatic rings. The Kier molecular flexibility index (Phi) is 5.04. The Bertz CT molecular complexity index is 1180. The number of aromatic nitrogens is 4. The fourth-order valence-corrected chi connectivity index (χ4v) is 3.09. The van der Waals surface area contributed by atoms with Gasteiger partial charge in [-0.2, -0.15) is 10.1 Å². The van der Waals surface area contributed by atoms with Gasteiger partial charge in [-0.25, -0.2) is 4.68 Å². The van der Waals surface area contributed by atoms with Crippen LogP contribution in [0.15, 0.2) is 70.0 Å². The first kappa shape index (κ1) is 18.1. The van der Waals surface area contributed by atoms with E-state index in [1.54, 1.807) is 12.1 Å². The van der Waals surface area contributed by atoms with Crippen LogP contribution in [0.2, 0.25) is 5.02 Å². The third kappa shape index (κ3) is 3.87. The van der Waals surface area contributed by atoms with Crippen molar-refractivity contribution in [3.05, 3.63) is 87.5 Å². The summed E-state index contributed by atoms with van der Waals surface area (Å²) in [6, 6.07) is 18.4. The highest BCUT2D eigenvalue weighted by Crippen LogP contribution is 2.21. The van der Waals surface area contributed by atoms with E-state index < -0.39 is 0 Å². The van der Waals surface area contributed by atoms with E-state index in [1.165, 1.54) is 10.7 Å². The predicted octanol–water partition coefficient (Wildman–Crippen LogP) is 4.16. The van der Waals surface area contributed by atoms with Crippen molar-refractivity contribution in [3.8, 4) is 22.6 Å². The van der Waals surface area contributed by atoms with Crippen LogP contribution in [0.5, 0.6) is 0 Å². The van der Waals surface area contributed by atoms with Gasteiger partial charge in [0.25, 0.3) is 5.56 Å². The first-order chi connectivity index (χ1) is 13.6. The van der Waals surface area contributed by atoms with Crippen molar-refractivity contribution in [1.29, 1.82) is 0 Å². The Balaban J connectivity index is 1.53. The molecule has 0 fully saturated rings. The fourth-order valence-electron chi connectivity index (χ4n) is 2.90. The minimum absolute atomic E-state index is 0.190. The highest BCUT2D eigenvalue weighted by molar-refractivity contribution is 6.30. The van der Waals surface area contributed by atoms with Gasteiger partial charge in [-0.3, -0.25) is 4.79 Å². The van der Waals surface area contributed by atoms with E-state index >= 15 is 0 Å². The number of hydrogen-bond donors (Lipinski definition) is 0. The standard InChI is InChI=1S/C21H17ClN4O2/c1-14-5-2-3-8-17(14)21-23-19(28-25-21)11-12-26-20(27)10-9-18(24-26)15-6-4-7-16(22)13-15/h2-10,13H,11-12H2,1H3. The summed E-state index contributed by atoms with van der Waals surface area (Å²) in [6.07, 6.45) is 0.408. The predicted molar refractivity (Wildman–Crippen MR) is 107 cm³/mol. The average Bonchev–Trinajstić information content (AvgIpc) is 3.16. The van der Waals surface area contributed by atoms with Crippen molar-refractivity contribution in [2.45, 2.75) is 19.9 Å². The summed E-state index contributed by atoms with van der Waals surface area (Å²) in [7, 11) is 0. The zero-order valence-corrected chi connectivity index (χ0v) is 15.9. The number of aryl methyl sites for hydroxylation is 3. The lowest BCUT2D eigenvalue weighted by atomic mass is 10.1. The topological polar surface area (TPSA) is 73.8 Å². The molecule has 0 saturated carbocycles. The third-order valence-corrected chi connectivity index (χ3v) is 4.61. The van der Waals surface area contributed by atoms with Gasteiger partial charge in [0.05, 0.1) is 12.2 Å². The molecule has 0 aliphatic rings. The highest BCUT2D eigenvalue weighted by atomic mass is 35.5. The van der Waals surface area contributed by atoms with E-state index in [-0.39, 0.29) is 5.56 Å². The maximum absolute atomic E-state index is 12.2. The maximum Gasteiger partial charge on any atom is 0.266 e. The molecule has 0 bridgehead atoms. The molecule has 4 rings (SSSR count). The van der Waals surface area contributed by atoms with Crippen LogP contribution in [0, 0.1) is 6.92 Å². The van der Waals surface area contributed by atoms with Gasteiger partial charge in [0, 0.05) is 28.6 Å². The molecule has 0 atom stereocenters. The normalized spacial score (nSPS) is 10.9. The van der Waals surface area contributed by atoms with Crippen LogP contribution in [0.25, 0.3) is 22.6 Å². The zero-order chi connectivity index (χ0) is 19.5. The molecular weight excluding hydrogens is 376 g/mol. The molecule has 2 heterocycles. The number of benzene rings is 2. The van der Waals surface area contributed by atoms with Crippen molar-refractivity contribution in [3.63, 3.8) is 0 Å². The van der Waals surface area contributed by atoms with Crippen LogP contribution in [0.3, 0.4) is 0 Å². The third-order valence-electron chi connectivity index (χ3n) is 4.38. The molecular formula is C21H17ClN4O2. The quantitative estimate of drug-likeness (QED) is 0.509. The van der Waals surface area contributed by atoms with E-state index in [0.717, 1.165) is 16.7 Å². The number of hydrogen-bond acceptors (Lipinski definition) is 5. The maximum atomic E-state index is 12.2. The second kappa shape index (κ2) is 7.78. The van der Waals surface area contributed by atoms with Crippen molar-refractivity contribution in [2.75, 3.05) is 0 Å². The van der Waals surface area contributed by atoms with Gasteiger partial charge >= 0.3 is 0 Å². The molecule has 2 aromatic carbocycles. The second-order valence-corrected chi connectivity index (χ2v) is 6.80. The minimum Gasteiger partial charge on any atom is -0.339 e. The second-order valence-electron chi connectivity index (χ2n) is 6.37. The van der Waals surface area contributed by atoms with Crippen molar-refractivity contribution in [1.82, 2.24) is 19.9 Å². The summed E-state index contributed by atoms with van der Waals surface area (Å²) in [5.74, 6) is 1.00. The summed E-state index contributed by atoms with van der Waals surface area (Å²) in [4.78, 5) is 16.6. The molecule has 7 heteroatoms.